The molecular formula is C10H20BF4NO3SSi. The Morgan fingerprint density at radius 2 is 1.62 bits per heavy atom. The van der Waals surface area contributed by atoms with Gasteiger partial charge in [-0.05, 0) is 0 Å². The Bertz CT molecular complexity index is 390. The van der Waals surface area contributed by atoms with E-state index in [9.17, 15) is 17.3 Å². The highest BCUT2D eigenvalue weighted by molar-refractivity contribution is 7.07. The monoisotopic (exact) mass is 349 g/mol. The molecule has 0 amide bonds. The van der Waals surface area contributed by atoms with Crippen LogP contribution in [0.2, 0.25) is 6.04 Å². The van der Waals surface area contributed by atoms with E-state index in [1.54, 1.807) is 32.7 Å². The van der Waals surface area contributed by atoms with Crippen LogP contribution in [0.3, 0.4) is 0 Å². The average molecular weight is 349 g/mol. The van der Waals surface area contributed by atoms with Gasteiger partial charge >= 0.3 is 16.1 Å². The maximum absolute atomic E-state index is 9.75. The molecule has 0 aliphatic rings. The van der Waals surface area contributed by atoms with Crippen molar-refractivity contribution in [2.45, 2.75) is 25.9 Å². The van der Waals surface area contributed by atoms with E-state index < -0.39 is 16.1 Å². The third kappa shape index (κ3) is 9.19. The molecule has 1 rings (SSSR count). The van der Waals surface area contributed by atoms with E-state index in [0.717, 1.165) is 19.0 Å². The van der Waals surface area contributed by atoms with E-state index in [2.05, 4.69) is 22.4 Å². The number of hydrogen-bond acceptors (Lipinski definition) is 4. The molecule has 0 aliphatic carbocycles. The summed E-state index contributed by atoms with van der Waals surface area (Å²) in [6, 6.07) is 0.846. The molecular weight excluding hydrogens is 329 g/mol. The van der Waals surface area contributed by atoms with Gasteiger partial charge in [0.1, 0.15) is 6.54 Å². The summed E-state index contributed by atoms with van der Waals surface area (Å²) in [6.45, 7) is 3.10. The molecule has 0 saturated heterocycles. The zero-order valence-corrected chi connectivity index (χ0v) is 14.3. The van der Waals surface area contributed by atoms with Gasteiger partial charge in [-0.2, -0.15) is 4.57 Å². The molecule has 0 radical (unpaired) electrons. The molecule has 0 aromatic carbocycles. The summed E-state index contributed by atoms with van der Waals surface area (Å²) in [7, 11) is -3.41. The molecule has 11 heteroatoms. The van der Waals surface area contributed by atoms with Gasteiger partial charge in [0.25, 0.3) is 0 Å². The van der Waals surface area contributed by atoms with Crippen molar-refractivity contribution in [3.05, 3.63) is 16.6 Å². The lowest BCUT2D eigenvalue weighted by molar-refractivity contribution is -0.698. The van der Waals surface area contributed by atoms with E-state index >= 15 is 0 Å². The predicted molar refractivity (Wildman–Crippen MR) is 75.6 cm³/mol. The minimum atomic E-state index is -6.00. The first kappa shape index (κ1) is 20.5. The summed E-state index contributed by atoms with van der Waals surface area (Å²) in [6.07, 6.45) is 1.00. The SMILES string of the molecule is CO[Si](CCC[n+]1cscc1C)(OC)OC.F[B-](F)(F)F. The van der Waals surface area contributed by atoms with Gasteiger partial charge in [0.15, 0.2) is 5.69 Å². The molecule has 4 nitrogen and oxygen atoms in total. The molecule has 0 fully saturated rings. The Hall–Kier alpha value is -0.488. The van der Waals surface area contributed by atoms with Crippen LogP contribution in [-0.2, 0) is 19.8 Å². The lowest BCUT2D eigenvalue weighted by atomic mass is 10.3. The molecule has 0 unspecified atom stereocenters. The highest BCUT2D eigenvalue weighted by Crippen LogP contribution is 2.15. The Morgan fingerprint density at radius 3 is 1.95 bits per heavy atom. The van der Waals surface area contributed by atoms with Crippen molar-refractivity contribution >= 4 is 27.4 Å². The normalized spacial score (nSPS) is 12.0. The van der Waals surface area contributed by atoms with Gasteiger partial charge in [-0.15, -0.1) is 0 Å². The lowest BCUT2D eigenvalue weighted by Gasteiger charge is -2.23. The molecule has 0 spiro atoms. The molecule has 0 saturated carbocycles. The number of rotatable bonds is 7. The van der Waals surface area contributed by atoms with E-state index in [1.807, 2.05) is 0 Å². The van der Waals surface area contributed by atoms with Crippen LogP contribution in [0, 0.1) is 6.92 Å². The first-order valence-corrected chi connectivity index (χ1v) is 9.00. The quantitative estimate of drug-likeness (QED) is 0.431. The second-order valence-corrected chi connectivity index (χ2v) is 7.90. The Balaban J connectivity index is 0.000000690. The third-order valence-corrected chi connectivity index (χ3v) is 6.38. The van der Waals surface area contributed by atoms with E-state index in [0.29, 0.717) is 0 Å². The minimum Gasteiger partial charge on any atom is -0.418 e. The second-order valence-electron chi connectivity index (χ2n) is 4.09. The fraction of sp³-hybridized carbons (Fsp3) is 0.700. The molecule has 1 heterocycles. The number of thiazole rings is 1. The maximum atomic E-state index is 9.75. The van der Waals surface area contributed by atoms with Gasteiger partial charge < -0.3 is 30.5 Å². The Labute approximate surface area is 127 Å². The Kier molecular flexibility index (Phi) is 9.29. The first-order valence-electron chi connectivity index (χ1n) is 6.12. The van der Waals surface area contributed by atoms with Gasteiger partial charge in [0, 0.05) is 40.7 Å². The topological polar surface area (TPSA) is 31.6 Å². The van der Waals surface area contributed by atoms with Crippen LogP contribution >= 0.6 is 11.3 Å². The maximum Gasteiger partial charge on any atom is 0.673 e. The van der Waals surface area contributed by atoms with E-state index in [-0.39, 0.29) is 0 Å². The second kappa shape index (κ2) is 9.51. The summed E-state index contributed by atoms with van der Waals surface area (Å²) in [5.74, 6) is 0. The zero-order chi connectivity index (χ0) is 16.5. The number of halogens is 4. The smallest absolute Gasteiger partial charge is 0.418 e. The number of hydrogen-bond donors (Lipinski definition) is 0. The summed E-state index contributed by atoms with van der Waals surface area (Å²) < 4.78 is 57.4. The highest BCUT2D eigenvalue weighted by Gasteiger charge is 2.37. The van der Waals surface area contributed by atoms with Gasteiger partial charge in [0.05, 0.1) is 5.38 Å². The average Bonchev–Trinajstić information content (AvgIpc) is 2.79. The molecule has 0 N–H and O–H groups in total. The van der Waals surface area contributed by atoms with Crippen molar-refractivity contribution < 1.29 is 35.1 Å². The zero-order valence-electron chi connectivity index (χ0n) is 12.4. The van der Waals surface area contributed by atoms with E-state index in [4.69, 9.17) is 13.3 Å². The third-order valence-electron chi connectivity index (χ3n) is 2.69. The summed E-state index contributed by atoms with van der Waals surface area (Å²) in [4.78, 5) is 0. The molecule has 1 aromatic rings. The standard InChI is InChI=1S/C10H20NO3SSi.BF4/c1-10-8-15-9-11(10)6-5-7-16(12-2,13-3)14-4;2-1(3,4)5/h8-9H,5-7H2,1-4H3;/q+1;-1. The number of aryl methyl sites for hydroxylation is 2. The fourth-order valence-electron chi connectivity index (χ4n) is 1.60. The van der Waals surface area contributed by atoms with Crippen LogP contribution in [0.4, 0.5) is 17.3 Å². The Morgan fingerprint density at radius 1 is 1.14 bits per heavy atom. The minimum absolute atomic E-state index is 0.846. The van der Waals surface area contributed by atoms with Crippen molar-refractivity contribution in [3.8, 4) is 0 Å². The summed E-state index contributed by atoms with van der Waals surface area (Å²) in [5, 5.41) is 2.15. The van der Waals surface area contributed by atoms with Gasteiger partial charge in [-0.3, -0.25) is 0 Å². The van der Waals surface area contributed by atoms with Crippen LogP contribution in [0.25, 0.3) is 0 Å². The van der Waals surface area contributed by atoms with Gasteiger partial charge in [0.2, 0.25) is 5.51 Å². The highest BCUT2D eigenvalue weighted by atomic mass is 32.1. The van der Waals surface area contributed by atoms with Gasteiger partial charge in [-0.25, -0.2) is 0 Å². The molecule has 0 aliphatic heterocycles. The number of nitrogens with zero attached hydrogens (tertiary/aromatic N) is 1. The van der Waals surface area contributed by atoms with Crippen LogP contribution in [0.1, 0.15) is 12.1 Å². The predicted octanol–water partition coefficient (Wildman–Crippen LogP) is 2.91. The van der Waals surface area contributed by atoms with Crippen LogP contribution in [-0.4, -0.2) is 37.4 Å². The molecule has 0 atom stereocenters. The molecule has 1 aromatic heterocycles. The number of aromatic nitrogens is 1. The van der Waals surface area contributed by atoms with Gasteiger partial charge in [-0.1, -0.05) is 11.3 Å². The van der Waals surface area contributed by atoms with Crippen molar-refractivity contribution in [1.82, 2.24) is 0 Å². The van der Waals surface area contributed by atoms with Crippen LogP contribution in [0.5, 0.6) is 0 Å². The van der Waals surface area contributed by atoms with Crippen molar-refractivity contribution in [2.24, 2.45) is 0 Å². The first-order chi connectivity index (χ1) is 9.67. The van der Waals surface area contributed by atoms with Crippen LogP contribution in [0.15, 0.2) is 10.9 Å². The lowest BCUT2D eigenvalue weighted by Crippen LogP contribution is -2.44. The molecule has 21 heavy (non-hydrogen) atoms. The van der Waals surface area contributed by atoms with Crippen LogP contribution < -0.4 is 4.57 Å². The fourth-order valence-corrected chi connectivity index (χ4v) is 4.12. The summed E-state index contributed by atoms with van der Waals surface area (Å²) >= 11 is 1.72. The van der Waals surface area contributed by atoms with E-state index in [1.165, 1.54) is 5.69 Å². The largest absolute Gasteiger partial charge is 0.673 e. The summed E-state index contributed by atoms with van der Waals surface area (Å²) in [5.41, 5.74) is 3.43. The van der Waals surface area contributed by atoms with Crippen molar-refractivity contribution in [3.63, 3.8) is 0 Å². The van der Waals surface area contributed by atoms with Crippen molar-refractivity contribution in [1.29, 1.82) is 0 Å². The molecule has 124 valence electrons. The molecule has 0 bridgehead atoms. The van der Waals surface area contributed by atoms with Crippen molar-refractivity contribution in [2.75, 3.05) is 21.3 Å².